The van der Waals surface area contributed by atoms with Gasteiger partial charge < -0.3 is 50.6 Å². The molecule has 5 unspecified atom stereocenters. The van der Waals surface area contributed by atoms with Gasteiger partial charge in [-0.2, -0.15) is 0 Å². The largest absolute Gasteiger partial charge is 0.456 e. The van der Waals surface area contributed by atoms with E-state index >= 15 is 0 Å². The normalized spacial score (nSPS) is 33.2. The number of rotatable bonds is 8. The summed E-state index contributed by atoms with van der Waals surface area (Å²) < 4.78 is 22.9. The number of nitrogens with one attached hydrogen (secondary N) is 3. The Morgan fingerprint density at radius 2 is 1.95 bits per heavy atom. The molecule has 220 valence electrons. The van der Waals surface area contributed by atoms with Gasteiger partial charge in [0.25, 0.3) is 11.5 Å². The van der Waals surface area contributed by atoms with Crippen molar-refractivity contribution in [3.63, 3.8) is 0 Å². The van der Waals surface area contributed by atoms with Crippen LogP contribution in [0.25, 0.3) is 0 Å². The minimum Gasteiger partial charge on any atom is -0.456 e. The molecule has 8 N–H and O–H groups in total. The number of aromatic nitrogens is 2. The first-order valence-electron chi connectivity index (χ1n) is 12.5. The number of amides is 3. The van der Waals surface area contributed by atoms with Gasteiger partial charge in [-0.05, 0) is 25.3 Å². The molecule has 0 saturated carbocycles. The number of hydrogen-bond acceptors (Lipinski definition) is 12. The highest BCUT2D eigenvalue weighted by Crippen LogP contribution is 2.34. The maximum absolute atomic E-state index is 12.8. The maximum atomic E-state index is 12.8. The van der Waals surface area contributed by atoms with Gasteiger partial charge in [-0.25, -0.2) is 4.79 Å². The summed E-state index contributed by atoms with van der Waals surface area (Å²) in [7, 11) is 1.19. The fourth-order valence-corrected chi connectivity index (χ4v) is 4.69. The molecule has 40 heavy (non-hydrogen) atoms. The third-order valence-electron chi connectivity index (χ3n) is 6.76. The van der Waals surface area contributed by atoms with Crippen molar-refractivity contribution in [1.29, 1.82) is 0 Å². The van der Waals surface area contributed by atoms with Crippen LogP contribution in [0.2, 0.25) is 0 Å². The number of nitrogens with zero attached hydrogens (tertiary/aromatic N) is 1. The Kier molecular flexibility index (Phi) is 9.02. The Hall–Kier alpha value is -3.61. The smallest absolute Gasteiger partial charge is 0.330 e. The molecule has 9 atom stereocenters. The predicted octanol–water partition coefficient (Wildman–Crippen LogP) is -4.57. The number of aliphatic hydroxyl groups is 3. The van der Waals surface area contributed by atoms with Gasteiger partial charge in [-0.1, -0.05) is 0 Å². The van der Waals surface area contributed by atoms with Crippen molar-refractivity contribution in [2.45, 2.75) is 74.4 Å². The molecule has 0 spiro atoms. The number of primary amides is 1. The van der Waals surface area contributed by atoms with Crippen molar-refractivity contribution in [1.82, 2.24) is 20.2 Å². The van der Waals surface area contributed by atoms with Gasteiger partial charge in [0.05, 0.1) is 0 Å². The molecule has 3 aliphatic rings. The van der Waals surface area contributed by atoms with Crippen LogP contribution in [0, 0.1) is 0 Å². The van der Waals surface area contributed by atoms with Crippen LogP contribution in [0.3, 0.4) is 0 Å². The molecule has 4 heterocycles. The van der Waals surface area contributed by atoms with Crippen molar-refractivity contribution in [3.8, 4) is 0 Å². The molecule has 2 fully saturated rings. The minimum absolute atomic E-state index is 0.374. The van der Waals surface area contributed by atoms with Crippen LogP contribution >= 0.6 is 0 Å². The van der Waals surface area contributed by atoms with E-state index in [1.807, 2.05) is 4.98 Å². The monoisotopic (exact) mass is 569 g/mol. The predicted molar refractivity (Wildman–Crippen MR) is 130 cm³/mol. The number of carbonyl (C=O) groups excluding carboxylic acids is 3. The van der Waals surface area contributed by atoms with Gasteiger partial charge in [-0.15, -0.1) is 0 Å². The summed E-state index contributed by atoms with van der Waals surface area (Å²) in [5.74, 6) is -2.91. The zero-order chi connectivity index (χ0) is 29.1. The third-order valence-corrected chi connectivity index (χ3v) is 6.76. The van der Waals surface area contributed by atoms with Crippen molar-refractivity contribution in [3.05, 3.63) is 44.9 Å². The van der Waals surface area contributed by atoms with Gasteiger partial charge in [-0.3, -0.25) is 28.7 Å². The fraction of sp³-hybridized carbons (Fsp3) is 0.609. The van der Waals surface area contributed by atoms with Crippen LogP contribution in [0.15, 0.2) is 33.7 Å². The van der Waals surface area contributed by atoms with E-state index in [4.69, 9.17) is 24.7 Å². The van der Waals surface area contributed by atoms with Crippen LogP contribution in [-0.2, 0) is 33.3 Å². The molecule has 17 heteroatoms. The molecule has 17 nitrogen and oxygen atoms in total. The highest BCUT2D eigenvalue weighted by atomic mass is 16.7. The van der Waals surface area contributed by atoms with Crippen molar-refractivity contribution >= 4 is 17.7 Å². The lowest BCUT2D eigenvalue weighted by atomic mass is 10.0. The molecule has 2 saturated heterocycles. The lowest BCUT2D eigenvalue weighted by Gasteiger charge is -2.35. The number of nitrogens with two attached hydrogens (primary N) is 1. The zero-order valence-electron chi connectivity index (χ0n) is 21.3. The lowest BCUT2D eigenvalue weighted by Crippen LogP contribution is -2.54. The van der Waals surface area contributed by atoms with Crippen molar-refractivity contribution in [2.75, 3.05) is 13.7 Å². The molecule has 0 aliphatic carbocycles. The highest BCUT2D eigenvalue weighted by Gasteiger charge is 2.52. The van der Waals surface area contributed by atoms with E-state index < -0.39 is 84.0 Å². The number of aromatic amines is 1. The molecule has 4 rings (SSSR count). The Balaban J connectivity index is 1.52. The number of H-pyrrole nitrogens is 1. The van der Waals surface area contributed by atoms with Gasteiger partial charge in [0.15, 0.2) is 18.1 Å². The number of ether oxygens (including phenoxy) is 4. The number of aliphatic hydroxyl groups excluding tert-OH is 3. The molecule has 0 bridgehead atoms. The quantitative estimate of drug-likeness (QED) is 0.156. The van der Waals surface area contributed by atoms with Gasteiger partial charge >= 0.3 is 5.69 Å². The SMILES string of the molecule is COC1C(O)C(n2ccc(=O)[nH]c2=O)OC1[C@@H](OC1OC(C(=O)N[C@@H]2CCCCNC2=O)=C[C@H](O)[C@@H]1O)C(N)=O. The first kappa shape index (κ1) is 29.4. The molecule has 3 amide bonds. The van der Waals surface area contributed by atoms with Crippen LogP contribution in [0.5, 0.6) is 0 Å². The summed E-state index contributed by atoms with van der Waals surface area (Å²) in [6, 6.07) is 0.158. The molecule has 0 aromatic carbocycles. The Labute approximate surface area is 225 Å². The van der Waals surface area contributed by atoms with E-state index in [9.17, 15) is 39.3 Å². The number of carbonyl (C=O) groups is 3. The molecule has 1 aromatic rings. The molecule has 3 aliphatic heterocycles. The standard InChI is InChI=1S/C23H31N5O12/c1-37-15-14(32)21(28-7-5-12(30)27-23(28)36)39-16(15)17(18(24)33)40-22-13(31)10(29)8-11(38-22)20(35)26-9-4-2-3-6-25-19(9)34/h5,7-10,13-17,21-22,29,31-32H,2-4,6H2,1H3,(H2,24,33)(H,25,34)(H,26,35)(H,27,30,36)/t9-,10+,13+,14?,15?,16?,17-,21?,22?/m1/s1. The first-order chi connectivity index (χ1) is 19.0. The van der Waals surface area contributed by atoms with E-state index in [0.29, 0.717) is 19.4 Å². The second-order valence-electron chi connectivity index (χ2n) is 9.47. The van der Waals surface area contributed by atoms with E-state index in [1.54, 1.807) is 0 Å². The second kappa shape index (κ2) is 12.3. The van der Waals surface area contributed by atoms with E-state index in [0.717, 1.165) is 29.3 Å². The maximum Gasteiger partial charge on any atom is 0.330 e. The first-order valence-corrected chi connectivity index (χ1v) is 12.5. The second-order valence-corrected chi connectivity index (χ2v) is 9.47. The van der Waals surface area contributed by atoms with Crippen LogP contribution in [0.1, 0.15) is 25.5 Å². The Bertz CT molecular complexity index is 1260. The van der Waals surface area contributed by atoms with Gasteiger partial charge in [0.1, 0.15) is 36.6 Å². The van der Waals surface area contributed by atoms with Gasteiger partial charge in [0, 0.05) is 25.9 Å². The Morgan fingerprint density at radius 1 is 1.20 bits per heavy atom. The van der Waals surface area contributed by atoms with Crippen molar-refractivity contribution in [2.24, 2.45) is 5.73 Å². The fourth-order valence-electron chi connectivity index (χ4n) is 4.69. The average molecular weight is 570 g/mol. The molecular weight excluding hydrogens is 538 g/mol. The van der Waals surface area contributed by atoms with E-state index in [2.05, 4.69) is 10.6 Å². The zero-order valence-corrected chi connectivity index (χ0v) is 21.3. The molecule has 1 aromatic heterocycles. The summed E-state index contributed by atoms with van der Waals surface area (Å²) in [6.45, 7) is 0.470. The van der Waals surface area contributed by atoms with Crippen molar-refractivity contribution < 1.29 is 48.7 Å². The summed E-state index contributed by atoms with van der Waals surface area (Å²) in [6.07, 6.45) is -9.13. The topological polar surface area (TPSA) is 254 Å². The summed E-state index contributed by atoms with van der Waals surface area (Å²) in [4.78, 5) is 63.2. The molecule has 0 radical (unpaired) electrons. The molecular formula is C23H31N5O12. The highest BCUT2D eigenvalue weighted by molar-refractivity contribution is 5.95. The van der Waals surface area contributed by atoms with Crippen LogP contribution < -0.4 is 27.6 Å². The van der Waals surface area contributed by atoms with Crippen LogP contribution in [0.4, 0.5) is 0 Å². The number of hydrogen-bond donors (Lipinski definition) is 7. The van der Waals surface area contributed by atoms with Crippen LogP contribution in [-0.4, -0.2) is 105 Å². The minimum atomic E-state index is -1.84. The number of methoxy groups -OCH3 is 1. The van der Waals surface area contributed by atoms with Gasteiger partial charge in [0.2, 0.25) is 18.1 Å². The third kappa shape index (κ3) is 6.08. The lowest BCUT2D eigenvalue weighted by molar-refractivity contribution is -0.241. The average Bonchev–Trinajstić information content (AvgIpc) is 3.08. The van der Waals surface area contributed by atoms with E-state index in [-0.39, 0.29) is 5.91 Å². The summed E-state index contributed by atoms with van der Waals surface area (Å²) in [5, 5.41) is 36.8. The van der Waals surface area contributed by atoms with E-state index in [1.165, 1.54) is 7.11 Å². The Morgan fingerprint density at radius 3 is 2.62 bits per heavy atom. The summed E-state index contributed by atoms with van der Waals surface area (Å²) >= 11 is 0. The summed E-state index contributed by atoms with van der Waals surface area (Å²) in [5.41, 5.74) is 3.91.